The van der Waals surface area contributed by atoms with Crippen molar-refractivity contribution >= 4 is 21.8 Å². The molecule has 1 aromatic rings. The summed E-state index contributed by atoms with van der Waals surface area (Å²) in [5.74, 6) is -0.0208. The van der Waals surface area contributed by atoms with E-state index in [9.17, 15) is 4.79 Å². The molecule has 0 aromatic heterocycles. The Balaban J connectivity index is 2.59. The number of benzene rings is 1. The summed E-state index contributed by atoms with van der Waals surface area (Å²) < 4.78 is 0. The van der Waals surface area contributed by atoms with Crippen molar-refractivity contribution in [1.29, 1.82) is 0 Å². The molecule has 0 spiro atoms. The van der Waals surface area contributed by atoms with Crippen molar-refractivity contribution in [3.63, 3.8) is 0 Å². The molecule has 0 bridgehead atoms. The van der Waals surface area contributed by atoms with E-state index in [1.165, 1.54) is 0 Å². The third kappa shape index (κ3) is 3.19. The minimum Gasteiger partial charge on any atom is -0.349 e. The summed E-state index contributed by atoms with van der Waals surface area (Å²) in [6.07, 6.45) is 0. The van der Waals surface area contributed by atoms with Crippen LogP contribution in [0.1, 0.15) is 17.3 Å². The minimum absolute atomic E-state index is 0.0208. The first-order valence-corrected chi connectivity index (χ1v) is 5.28. The average molecular weight is 242 g/mol. The number of nitrogens with one attached hydrogen (secondary N) is 1. The van der Waals surface area contributed by atoms with Crippen LogP contribution in [0.25, 0.3) is 0 Å². The third-order valence-corrected chi connectivity index (χ3v) is 2.62. The second-order valence-corrected chi connectivity index (χ2v) is 3.54. The lowest BCUT2D eigenvalue weighted by atomic mass is 10.2. The molecule has 1 unspecified atom stereocenters. The lowest BCUT2D eigenvalue weighted by Gasteiger charge is -2.09. The van der Waals surface area contributed by atoms with Gasteiger partial charge in [0.2, 0.25) is 0 Å². The molecule has 13 heavy (non-hydrogen) atoms. The van der Waals surface area contributed by atoms with Gasteiger partial charge in [0.15, 0.2) is 0 Å². The minimum atomic E-state index is -0.0208. The van der Waals surface area contributed by atoms with Crippen LogP contribution >= 0.6 is 15.9 Å². The van der Waals surface area contributed by atoms with Crippen molar-refractivity contribution < 1.29 is 4.79 Å². The molecule has 2 nitrogen and oxygen atoms in total. The Morgan fingerprint density at radius 2 is 2.08 bits per heavy atom. The molecule has 0 saturated heterocycles. The molecule has 0 heterocycles. The van der Waals surface area contributed by atoms with Gasteiger partial charge in [-0.05, 0) is 19.1 Å². The molecule has 0 aliphatic heterocycles. The molecule has 1 aromatic carbocycles. The van der Waals surface area contributed by atoms with Gasteiger partial charge in [-0.15, -0.1) is 0 Å². The molecule has 0 fully saturated rings. The highest BCUT2D eigenvalue weighted by Gasteiger charge is 2.06. The van der Waals surface area contributed by atoms with Crippen molar-refractivity contribution in [1.82, 2.24) is 5.32 Å². The maximum absolute atomic E-state index is 11.5. The van der Waals surface area contributed by atoms with Gasteiger partial charge in [0, 0.05) is 16.9 Å². The zero-order chi connectivity index (χ0) is 9.68. The third-order valence-electron chi connectivity index (χ3n) is 1.64. The van der Waals surface area contributed by atoms with E-state index in [0.29, 0.717) is 5.56 Å². The molecule has 0 aliphatic rings. The number of amides is 1. The Hall–Kier alpha value is -0.830. The summed E-state index contributed by atoms with van der Waals surface area (Å²) in [4.78, 5) is 11.5. The van der Waals surface area contributed by atoms with E-state index in [0.717, 1.165) is 5.33 Å². The molecule has 70 valence electrons. The van der Waals surface area contributed by atoms with Gasteiger partial charge in [-0.2, -0.15) is 0 Å². The van der Waals surface area contributed by atoms with Gasteiger partial charge >= 0.3 is 0 Å². The Kier molecular flexibility index (Phi) is 3.96. The standard InChI is InChI=1S/C10H12BrNO/c1-8(7-11)12-10(13)9-5-3-2-4-6-9/h2-6,8H,7H2,1H3,(H,12,13). The number of halogens is 1. The summed E-state index contributed by atoms with van der Waals surface area (Å²) in [5, 5.41) is 3.63. The van der Waals surface area contributed by atoms with E-state index in [4.69, 9.17) is 0 Å². The van der Waals surface area contributed by atoms with Crippen LogP contribution in [-0.2, 0) is 0 Å². The van der Waals surface area contributed by atoms with Gasteiger partial charge in [0.05, 0.1) is 0 Å². The SMILES string of the molecule is CC(CBr)NC(=O)c1ccccc1. The molecule has 1 rings (SSSR count). The Morgan fingerprint density at radius 1 is 1.46 bits per heavy atom. The summed E-state index contributed by atoms with van der Waals surface area (Å²) >= 11 is 3.30. The number of alkyl halides is 1. The maximum Gasteiger partial charge on any atom is 0.251 e. The molecule has 0 radical (unpaired) electrons. The first-order chi connectivity index (χ1) is 6.24. The molecule has 0 saturated carbocycles. The fourth-order valence-electron chi connectivity index (χ4n) is 0.935. The number of rotatable bonds is 3. The van der Waals surface area contributed by atoms with Gasteiger partial charge in [0.25, 0.3) is 5.91 Å². The highest BCUT2D eigenvalue weighted by atomic mass is 79.9. The van der Waals surface area contributed by atoms with Crippen molar-refractivity contribution in [3.05, 3.63) is 35.9 Å². The summed E-state index contributed by atoms with van der Waals surface area (Å²) in [7, 11) is 0. The van der Waals surface area contributed by atoms with Crippen molar-refractivity contribution in [3.8, 4) is 0 Å². The zero-order valence-electron chi connectivity index (χ0n) is 7.46. The molecular formula is C10H12BrNO. The molecule has 1 atom stereocenters. The van der Waals surface area contributed by atoms with Crippen LogP contribution in [0, 0.1) is 0 Å². The van der Waals surface area contributed by atoms with Crippen LogP contribution in [-0.4, -0.2) is 17.3 Å². The lowest BCUT2D eigenvalue weighted by Crippen LogP contribution is -2.33. The van der Waals surface area contributed by atoms with Crippen molar-refractivity contribution in [2.24, 2.45) is 0 Å². The predicted octanol–water partition coefficient (Wildman–Crippen LogP) is 2.20. The quantitative estimate of drug-likeness (QED) is 0.809. The first-order valence-electron chi connectivity index (χ1n) is 4.16. The van der Waals surface area contributed by atoms with E-state index in [2.05, 4.69) is 21.2 Å². The van der Waals surface area contributed by atoms with Crippen LogP contribution < -0.4 is 5.32 Å². The van der Waals surface area contributed by atoms with Gasteiger partial charge in [-0.1, -0.05) is 34.1 Å². The fourth-order valence-corrected chi connectivity index (χ4v) is 1.10. The molecule has 1 N–H and O–H groups in total. The van der Waals surface area contributed by atoms with Gasteiger partial charge in [0.1, 0.15) is 0 Å². The second kappa shape index (κ2) is 5.02. The van der Waals surface area contributed by atoms with E-state index in [1.54, 1.807) is 12.1 Å². The van der Waals surface area contributed by atoms with Gasteiger partial charge < -0.3 is 5.32 Å². The van der Waals surface area contributed by atoms with Crippen LogP contribution in [0.15, 0.2) is 30.3 Å². The van der Waals surface area contributed by atoms with Crippen LogP contribution in [0.4, 0.5) is 0 Å². The van der Waals surface area contributed by atoms with Crippen molar-refractivity contribution in [2.45, 2.75) is 13.0 Å². The van der Waals surface area contributed by atoms with E-state index < -0.39 is 0 Å². The Bertz CT molecular complexity index is 274. The smallest absolute Gasteiger partial charge is 0.251 e. The summed E-state index contributed by atoms with van der Waals surface area (Å²) in [6, 6.07) is 9.37. The lowest BCUT2D eigenvalue weighted by molar-refractivity contribution is 0.0944. The molecule has 0 aliphatic carbocycles. The van der Waals surface area contributed by atoms with Gasteiger partial charge in [-0.3, -0.25) is 4.79 Å². The molecule has 3 heteroatoms. The van der Waals surface area contributed by atoms with Crippen LogP contribution in [0.2, 0.25) is 0 Å². The van der Waals surface area contributed by atoms with Gasteiger partial charge in [-0.25, -0.2) is 0 Å². The first kappa shape index (κ1) is 10.3. The normalized spacial score (nSPS) is 12.2. The van der Waals surface area contributed by atoms with E-state index in [-0.39, 0.29) is 11.9 Å². The predicted molar refractivity (Wildman–Crippen MR) is 57.2 cm³/mol. The highest BCUT2D eigenvalue weighted by Crippen LogP contribution is 1.99. The average Bonchev–Trinajstić information content (AvgIpc) is 2.19. The van der Waals surface area contributed by atoms with Crippen molar-refractivity contribution in [2.75, 3.05) is 5.33 Å². The molecule has 1 amide bonds. The van der Waals surface area contributed by atoms with E-state index in [1.807, 2.05) is 25.1 Å². The number of hydrogen-bond acceptors (Lipinski definition) is 1. The van der Waals surface area contributed by atoms with Crippen LogP contribution in [0.3, 0.4) is 0 Å². The van der Waals surface area contributed by atoms with Crippen LogP contribution in [0.5, 0.6) is 0 Å². The fraction of sp³-hybridized carbons (Fsp3) is 0.300. The summed E-state index contributed by atoms with van der Waals surface area (Å²) in [6.45, 7) is 1.95. The Labute approximate surface area is 86.5 Å². The monoisotopic (exact) mass is 241 g/mol. The largest absolute Gasteiger partial charge is 0.349 e. The van der Waals surface area contributed by atoms with E-state index >= 15 is 0 Å². The molecular weight excluding hydrogens is 230 g/mol. The highest BCUT2D eigenvalue weighted by molar-refractivity contribution is 9.09. The topological polar surface area (TPSA) is 29.1 Å². The second-order valence-electron chi connectivity index (χ2n) is 2.89. The number of carbonyl (C=O) groups excluding carboxylic acids is 1. The number of carbonyl (C=O) groups is 1. The number of hydrogen-bond donors (Lipinski definition) is 1. The Morgan fingerprint density at radius 3 is 2.62 bits per heavy atom. The zero-order valence-corrected chi connectivity index (χ0v) is 9.04. The summed E-state index contributed by atoms with van der Waals surface area (Å²) in [5.41, 5.74) is 0.704. The maximum atomic E-state index is 11.5.